The van der Waals surface area contributed by atoms with E-state index in [1.165, 1.54) is 12.1 Å². The Labute approximate surface area is 165 Å². The van der Waals surface area contributed by atoms with Crippen LogP contribution in [-0.4, -0.2) is 15.7 Å². The van der Waals surface area contributed by atoms with Crippen molar-refractivity contribution in [2.45, 2.75) is 0 Å². The van der Waals surface area contributed by atoms with E-state index in [9.17, 15) is 10.1 Å². The minimum absolute atomic E-state index is 0.000198. The van der Waals surface area contributed by atoms with E-state index in [2.05, 4.69) is 25.7 Å². The van der Waals surface area contributed by atoms with Crippen molar-refractivity contribution in [2.24, 2.45) is 15.3 Å². The Morgan fingerprint density at radius 3 is 2.41 bits per heavy atom. The number of nitrogens with zero attached hydrogens (tertiary/aromatic N) is 4. The van der Waals surface area contributed by atoms with Crippen molar-refractivity contribution in [3.05, 3.63) is 101 Å². The van der Waals surface area contributed by atoms with Crippen LogP contribution in [0.1, 0.15) is 5.56 Å². The number of hydrogen-bond donors (Lipinski definition) is 2. The van der Waals surface area contributed by atoms with E-state index in [0.717, 1.165) is 22.2 Å². The summed E-state index contributed by atoms with van der Waals surface area (Å²) < 4.78 is 0. The minimum Gasteiger partial charge on any atom is -0.360 e. The Morgan fingerprint density at radius 1 is 0.931 bits per heavy atom. The molecule has 0 fully saturated rings. The maximum absolute atomic E-state index is 10.8. The number of non-ortho nitro benzene ring substituents is 1. The van der Waals surface area contributed by atoms with Gasteiger partial charge in [-0.3, -0.25) is 15.5 Å². The van der Waals surface area contributed by atoms with Gasteiger partial charge in [-0.15, -0.1) is 10.2 Å². The zero-order valence-electron chi connectivity index (χ0n) is 15.2. The summed E-state index contributed by atoms with van der Waals surface area (Å²) in [6, 6.07) is 23.2. The molecule has 4 rings (SSSR count). The van der Waals surface area contributed by atoms with Crippen LogP contribution in [0.25, 0.3) is 10.9 Å². The first kappa shape index (κ1) is 18.1. The molecule has 0 spiro atoms. The summed E-state index contributed by atoms with van der Waals surface area (Å²) in [6.45, 7) is 0. The number of anilines is 1. The lowest BCUT2D eigenvalue weighted by Crippen LogP contribution is -2.00. The third-order valence-corrected chi connectivity index (χ3v) is 4.22. The van der Waals surface area contributed by atoms with Crippen molar-refractivity contribution in [3.8, 4) is 0 Å². The highest BCUT2D eigenvalue weighted by Crippen LogP contribution is 2.22. The second kappa shape index (κ2) is 8.13. The van der Waals surface area contributed by atoms with Crippen LogP contribution in [0.15, 0.2) is 100 Å². The van der Waals surface area contributed by atoms with Crippen molar-refractivity contribution < 1.29 is 4.92 Å². The first-order valence-corrected chi connectivity index (χ1v) is 8.82. The van der Waals surface area contributed by atoms with Crippen LogP contribution < -0.4 is 5.43 Å². The number of azo groups is 1. The number of nitrogens with one attached hydrogen (secondary N) is 2. The van der Waals surface area contributed by atoms with Gasteiger partial charge in [0.05, 0.1) is 16.3 Å². The number of para-hydroxylation sites is 2. The molecule has 3 aromatic carbocycles. The average Bonchev–Trinajstić information content (AvgIpc) is 3.19. The second-order valence-electron chi connectivity index (χ2n) is 6.13. The van der Waals surface area contributed by atoms with Crippen molar-refractivity contribution >= 4 is 33.8 Å². The third-order valence-electron chi connectivity index (χ3n) is 4.22. The van der Waals surface area contributed by atoms with Crippen LogP contribution in [0.2, 0.25) is 0 Å². The van der Waals surface area contributed by atoms with Gasteiger partial charge in [0.15, 0.2) is 0 Å². The van der Waals surface area contributed by atoms with Crippen LogP contribution >= 0.6 is 0 Å². The maximum atomic E-state index is 10.8. The molecule has 4 aromatic rings. The molecule has 0 aliphatic rings. The number of H-pyrrole nitrogens is 1. The van der Waals surface area contributed by atoms with Crippen molar-refractivity contribution in [1.82, 2.24) is 4.98 Å². The minimum atomic E-state index is -0.455. The molecular weight excluding hydrogens is 368 g/mol. The normalized spacial score (nSPS) is 11.8. The lowest BCUT2D eigenvalue weighted by molar-refractivity contribution is -0.384. The van der Waals surface area contributed by atoms with Crippen molar-refractivity contribution in [2.75, 3.05) is 5.43 Å². The van der Waals surface area contributed by atoms with E-state index >= 15 is 0 Å². The van der Waals surface area contributed by atoms with Gasteiger partial charge >= 0.3 is 0 Å². The number of aromatic nitrogens is 1. The highest BCUT2D eigenvalue weighted by Gasteiger charge is 2.10. The Bertz CT molecular complexity index is 1200. The predicted octanol–water partition coefficient (Wildman–Crippen LogP) is 5.63. The van der Waals surface area contributed by atoms with Crippen LogP contribution in [0, 0.1) is 10.1 Å². The van der Waals surface area contributed by atoms with Crippen molar-refractivity contribution in [3.63, 3.8) is 0 Å². The molecular formula is C21H16N6O2. The highest BCUT2D eigenvalue weighted by atomic mass is 16.6. The lowest BCUT2D eigenvalue weighted by Gasteiger charge is -2.02. The maximum Gasteiger partial charge on any atom is 0.269 e. The standard InChI is InChI=1S/C21H16N6O2/c28-27(29)17-12-10-16(11-13-17)24-26-21(25-23-15-6-2-1-3-7-15)19-14-22-20-9-5-4-8-18(19)20/h1-14,22-23H/b25-21+,26-24?. The largest absolute Gasteiger partial charge is 0.360 e. The molecule has 0 bridgehead atoms. The molecule has 0 amide bonds. The van der Waals surface area contributed by atoms with Crippen LogP contribution in [0.4, 0.5) is 17.1 Å². The summed E-state index contributed by atoms with van der Waals surface area (Å²) in [5, 5.41) is 24.7. The van der Waals surface area contributed by atoms with E-state index in [0.29, 0.717) is 11.5 Å². The first-order valence-electron chi connectivity index (χ1n) is 8.82. The Morgan fingerprint density at radius 2 is 1.66 bits per heavy atom. The van der Waals surface area contributed by atoms with E-state index in [1.54, 1.807) is 12.1 Å². The summed E-state index contributed by atoms with van der Waals surface area (Å²) in [6.07, 6.45) is 1.82. The fourth-order valence-corrected chi connectivity index (χ4v) is 2.77. The van der Waals surface area contributed by atoms with Gasteiger partial charge in [0.1, 0.15) is 0 Å². The fraction of sp³-hybridized carbons (Fsp3) is 0. The Hall–Kier alpha value is -4.33. The molecule has 29 heavy (non-hydrogen) atoms. The van der Waals surface area contributed by atoms with Crippen molar-refractivity contribution in [1.29, 1.82) is 0 Å². The molecule has 0 atom stereocenters. The number of fused-ring (bicyclic) bond motifs is 1. The molecule has 0 aliphatic carbocycles. The van der Waals surface area contributed by atoms with Gasteiger partial charge < -0.3 is 4.98 Å². The number of hydrazone groups is 1. The van der Waals surface area contributed by atoms with Gasteiger partial charge in [-0.25, -0.2) is 0 Å². The average molecular weight is 384 g/mol. The van der Waals surface area contributed by atoms with E-state index < -0.39 is 4.92 Å². The number of nitro groups is 1. The zero-order chi connectivity index (χ0) is 20.1. The van der Waals surface area contributed by atoms with Gasteiger partial charge in [-0.05, 0) is 30.3 Å². The Kier molecular flexibility index (Phi) is 5.06. The molecule has 1 heterocycles. The van der Waals surface area contributed by atoms with Crippen LogP contribution in [-0.2, 0) is 0 Å². The number of amidine groups is 1. The quantitative estimate of drug-likeness (QED) is 0.153. The highest BCUT2D eigenvalue weighted by molar-refractivity contribution is 6.10. The molecule has 0 aliphatic heterocycles. The van der Waals surface area contributed by atoms with E-state index in [4.69, 9.17) is 0 Å². The first-order chi connectivity index (χ1) is 14.2. The molecule has 0 saturated heterocycles. The summed E-state index contributed by atoms with van der Waals surface area (Å²) in [5.74, 6) is 0.379. The molecule has 0 unspecified atom stereocenters. The van der Waals surface area contributed by atoms with Gasteiger partial charge in [-0.2, -0.15) is 5.10 Å². The number of aromatic amines is 1. The molecule has 1 aromatic heterocycles. The van der Waals surface area contributed by atoms with Gasteiger partial charge in [-0.1, -0.05) is 36.4 Å². The molecule has 2 N–H and O–H groups in total. The number of benzene rings is 3. The van der Waals surface area contributed by atoms with Crippen LogP contribution in [0.3, 0.4) is 0 Å². The fourth-order valence-electron chi connectivity index (χ4n) is 2.77. The van der Waals surface area contributed by atoms with Gasteiger partial charge in [0.2, 0.25) is 5.84 Å². The van der Waals surface area contributed by atoms with E-state index in [-0.39, 0.29) is 5.69 Å². The molecule has 8 nitrogen and oxygen atoms in total. The summed E-state index contributed by atoms with van der Waals surface area (Å²) in [7, 11) is 0. The van der Waals surface area contributed by atoms with E-state index in [1.807, 2.05) is 60.8 Å². The second-order valence-corrected chi connectivity index (χ2v) is 6.13. The predicted molar refractivity (Wildman–Crippen MR) is 113 cm³/mol. The van der Waals surface area contributed by atoms with Gasteiger partial charge in [0.25, 0.3) is 5.69 Å². The summed E-state index contributed by atoms with van der Waals surface area (Å²) >= 11 is 0. The molecule has 0 radical (unpaired) electrons. The molecule has 0 saturated carbocycles. The number of hydrogen-bond acceptors (Lipinski definition) is 5. The smallest absolute Gasteiger partial charge is 0.269 e. The molecule has 8 heteroatoms. The summed E-state index contributed by atoms with van der Waals surface area (Å²) in [5.41, 5.74) is 6.04. The molecule has 142 valence electrons. The number of nitro benzene ring substituents is 1. The summed E-state index contributed by atoms with van der Waals surface area (Å²) in [4.78, 5) is 13.5. The van der Waals surface area contributed by atoms with Crippen LogP contribution in [0.5, 0.6) is 0 Å². The lowest BCUT2D eigenvalue weighted by atomic mass is 10.1. The monoisotopic (exact) mass is 384 g/mol. The Balaban J connectivity index is 1.68. The van der Waals surface area contributed by atoms with Gasteiger partial charge in [0, 0.05) is 34.8 Å². The third kappa shape index (κ3) is 4.16. The SMILES string of the molecule is O=[N+]([O-])c1ccc(N=N/C(=N/Nc2ccccc2)c2c[nH]c3ccccc23)cc1. The topological polar surface area (TPSA) is 108 Å². The zero-order valence-corrected chi connectivity index (χ0v) is 15.2. The number of rotatable bonds is 5.